The summed E-state index contributed by atoms with van der Waals surface area (Å²) in [5, 5.41) is 3.02. The molecule has 0 aliphatic carbocycles. The van der Waals surface area contributed by atoms with Crippen LogP contribution in [0.1, 0.15) is 6.42 Å². The number of nitrogens with one attached hydrogen (secondary N) is 1. The van der Waals surface area contributed by atoms with Gasteiger partial charge < -0.3 is 20.0 Å². The van der Waals surface area contributed by atoms with Crippen molar-refractivity contribution >= 4 is 17.7 Å². The molecule has 2 aromatic rings. The Balaban J connectivity index is 1.34. The molecule has 3 rings (SSSR count). The topological polar surface area (TPSA) is 64.6 Å². The van der Waals surface area contributed by atoms with E-state index in [4.69, 9.17) is 0 Å². The maximum Gasteiger partial charge on any atom is 0.317 e. The molecule has 0 radical (unpaired) electrons. The lowest BCUT2D eigenvalue weighted by molar-refractivity contribution is 0.194. The standard InChI is InChI=1S/C19H26N6O/c1-23(17-7-3-2-4-8-17)12-6-11-22-19(26)25-15-13-24(14-16-25)18-20-9-5-10-21-18/h2-5,7-10H,6,11-16H2,1H3,(H,22,26). The van der Waals surface area contributed by atoms with Gasteiger partial charge in [0.15, 0.2) is 0 Å². The molecular weight excluding hydrogens is 328 g/mol. The van der Waals surface area contributed by atoms with Crippen molar-refractivity contribution in [2.24, 2.45) is 0 Å². The predicted molar refractivity (Wildman–Crippen MR) is 104 cm³/mol. The minimum atomic E-state index is 0.0148. The first-order valence-electron chi connectivity index (χ1n) is 9.05. The largest absolute Gasteiger partial charge is 0.375 e. The molecule has 2 amide bonds. The minimum absolute atomic E-state index is 0.0148. The molecule has 1 aromatic heterocycles. The predicted octanol–water partition coefficient (Wildman–Crippen LogP) is 1.83. The number of rotatable bonds is 6. The molecule has 1 aliphatic rings. The van der Waals surface area contributed by atoms with E-state index in [1.165, 1.54) is 5.69 Å². The van der Waals surface area contributed by atoms with E-state index in [0.717, 1.165) is 32.0 Å². The van der Waals surface area contributed by atoms with Crippen molar-refractivity contribution in [1.29, 1.82) is 0 Å². The lowest BCUT2D eigenvalue weighted by atomic mass is 10.3. The molecule has 0 spiro atoms. The van der Waals surface area contributed by atoms with Crippen molar-refractivity contribution in [1.82, 2.24) is 20.2 Å². The monoisotopic (exact) mass is 354 g/mol. The lowest BCUT2D eigenvalue weighted by Gasteiger charge is -2.34. The number of piperazine rings is 1. The maximum atomic E-state index is 12.3. The van der Waals surface area contributed by atoms with E-state index in [0.29, 0.717) is 19.6 Å². The van der Waals surface area contributed by atoms with E-state index in [9.17, 15) is 4.79 Å². The smallest absolute Gasteiger partial charge is 0.317 e. The van der Waals surface area contributed by atoms with Crippen LogP contribution in [0.3, 0.4) is 0 Å². The minimum Gasteiger partial charge on any atom is -0.375 e. The normalized spacial score (nSPS) is 14.2. The Bertz CT molecular complexity index is 673. The summed E-state index contributed by atoms with van der Waals surface area (Å²) >= 11 is 0. The van der Waals surface area contributed by atoms with Gasteiger partial charge in [-0.15, -0.1) is 0 Å². The Morgan fingerprint density at radius 3 is 2.46 bits per heavy atom. The fraction of sp³-hybridized carbons (Fsp3) is 0.421. The van der Waals surface area contributed by atoms with Crippen LogP contribution in [0.5, 0.6) is 0 Å². The molecule has 1 aromatic carbocycles. The third-order valence-corrected chi connectivity index (χ3v) is 4.55. The summed E-state index contributed by atoms with van der Waals surface area (Å²) in [6, 6.07) is 12.1. The fourth-order valence-corrected chi connectivity index (χ4v) is 3.00. The van der Waals surface area contributed by atoms with Gasteiger partial charge in [0.2, 0.25) is 5.95 Å². The van der Waals surface area contributed by atoms with E-state index in [2.05, 4.69) is 44.3 Å². The molecule has 0 bridgehead atoms. The Morgan fingerprint density at radius 2 is 1.77 bits per heavy atom. The van der Waals surface area contributed by atoms with Gasteiger partial charge in [0, 0.05) is 64.4 Å². The number of carbonyl (C=O) groups is 1. The van der Waals surface area contributed by atoms with Gasteiger partial charge >= 0.3 is 6.03 Å². The van der Waals surface area contributed by atoms with Crippen LogP contribution in [0, 0.1) is 0 Å². The number of anilines is 2. The average Bonchev–Trinajstić information content (AvgIpc) is 2.72. The molecule has 138 valence electrons. The van der Waals surface area contributed by atoms with Crippen molar-refractivity contribution < 1.29 is 4.79 Å². The van der Waals surface area contributed by atoms with Crippen LogP contribution in [0.4, 0.5) is 16.4 Å². The highest BCUT2D eigenvalue weighted by Crippen LogP contribution is 2.11. The van der Waals surface area contributed by atoms with Crippen LogP contribution < -0.4 is 15.1 Å². The highest BCUT2D eigenvalue weighted by Gasteiger charge is 2.22. The molecule has 1 aliphatic heterocycles. The number of carbonyl (C=O) groups excluding carboxylic acids is 1. The number of para-hydroxylation sites is 1. The van der Waals surface area contributed by atoms with Gasteiger partial charge in [-0.05, 0) is 24.6 Å². The van der Waals surface area contributed by atoms with Crippen molar-refractivity contribution in [2.45, 2.75) is 6.42 Å². The zero-order valence-corrected chi connectivity index (χ0v) is 15.2. The zero-order valence-electron chi connectivity index (χ0n) is 15.2. The second-order valence-electron chi connectivity index (χ2n) is 6.37. The Morgan fingerprint density at radius 1 is 1.08 bits per heavy atom. The number of benzene rings is 1. The lowest BCUT2D eigenvalue weighted by Crippen LogP contribution is -2.52. The number of urea groups is 1. The number of hydrogen-bond donors (Lipinski definition) is 1. The summed E-state index contributed by atoms with van der Waals surface area (Å²) in [4.78, 5) is 27.0. The summed E-state index contributed by atoms with van der Waals surface area (Å²) in [5.41, 5.74) is 1.19. The van der Waals surface area contributed by atoms with E-state index in [-0.39, 0.29) is 6.03 Å². The van der Waals surface area contributed by atoms with E-state index in [1.54, 1.807) is 12.4 Å². The SMILES string of the molecule is CN(CCCNC(=O)N1CCN(c2ncccn2)CC1)c1ccccc1. The molecule has 1 fully saturated rings. The first kappa shape index (κ1) is 18.0. The molecule has 1 N–H and O–H groups in total. The van der Waals surface area contributed by atoms with Gasteiger partial charge in [0.1, 0.15) is 0 Å². The van der Waals surface area contributed by atoms with Crippen molar-refractivity contribution in [3.8, 4) is 0 Å². The van der Waals surface area contributed by atoms with Crippen molar-refractivity contribution in [3.05, 3.63) is 48.8 Å². The Hall–Kier alpha value is -2.83. The summed E-state index contributed by atoms with van der Waals surface area (Å²) in [5.74, 6) is 0.733. The first-order valence-corrected chi connectivity index (χ1v) is 9.05. The van der Waals surface area contributed by atoms with Crippen LogP contribution in [-0.4, -0.2) is 67.2 Å². The van der Waals surface area contributed by atoms with Crippen molar-refractivity contribution in [3.63, 3.8) is 0 Å². The molecular formula is C19H26N6O. The molecule has 0 atom stereocenters. The second kappa shape index (κ2) is 9.03. The second-order valence-corrected chi connectivity index (χ2v) is 6.37. The first-order chi connectivity index (χ1) is 12.7. The molecule has 0 unspecified atom stereocenters. The van der Waals surface area contributed by atoms with E-state index >= 15 is 0 Å². The zero-order chi connectivity index (χ0) is 18.2. The summed E-state index contributed by atoms with van der Waals surface area (Å²) in [6.45, 7) is 4.48. The number of nitrogens with zero attached hydrogens (tertiary/aromatic N) is 5. The third-order valence-electron chi connectivity index (χ3n) is 4.55. The van der Waals surface area contributed by atoms with E-state index < -0.39 is 0 Å². The summed E-state index contributed by atoms with van der Waals surface area (Å²) in [7, 11) is 2.07. The van der Waals surface area contributed by atoms with E-state index in [1.807, 2.05) is 29.2 Å². The van der Waals surface area contributed by atoms with Crippen LogP contribution in [-0.2, 0) is 0 Å². The number of aromatic nitrogens is 2. The Kier molecular flexibility index (Phi) is 6.24. The van der Waals surface area contributed by atoms with Crippen LogP contribution >= 0.6 is 0 Å². The number of hydrogen-bond acceptors (Lipinski definition) is 5. The Labute approximate surface area is 154 Å². The average molecular weight is 354 g/mol. The molecule has 0 saturated carbocycles. The quantitative estimate of drug-likeness (QED) is 0.802. The van der Waals surface area contributed by atoms with Gasteiger partial charge in [-0.3, -0.25) is 0 Å². The van der Waals surface area contributed by atoms with Crippen LogP contribution in [0.25, 0.3) is 0 Å². The molecule has 7 nitrogen and oxygen atoms in total. The van der Waals surface area contributed by atoms with Gasteiger partial charge in [0.25, 0.3) is 0 Å². The molecule has 26 heavy (non-hydrogen) atoms. The summed E-state index contributed by atoms with van der Waals surface area (Å²) < 4.78 is 0. The third kappa shape index (κ3) is 4.84. The molecule has 1 saturated heterocycles. The highest BCUT2D eigenvalue weighted by atomic mass is 16.2. The van der Waals surface area contributed by atoms with Crippen LogP contribution in [0.2, 0.25) is 0 Å². The van der Waals surface area contributed by atoms with Gasteiger partial charge in [-0.2, -0.15) is 0 Å². The van der Waals surface area contributed by atoms with Gasteiger partial charge in [-0.1, -0.05) is 18.2 Å². The highest BCUT2D eigenvalue weighted by molar-refractivity contribution is 5.74. The summed E-state index contributed by atoms with van der Waals surface area (Å²) in [6.07, 6.45) is 4.40. The fourth-order valence-electron chi connectivity index (χ4n) is 3.00. The molecule has 2 heterocycles. The van der Waals surface area contributed by atoms with Crippen molar-refractivity contribution in [2.75, 3.05) is 56.1 Å². The maximum absolute atomic E-state index is 12.3. The van der Waals surface area contributed by atoms with Gasteiger partial charge in [0.05, 0.1) is 0 Å². The molecule has 7 heteroatoms. The number of amides is 2. The van der Waals surface area contributed by atoms with Gasteiger partial charge in [-0.25, -0.2) is 14.8 Å². The van der Waals surface area contributed by atoms with Crippen LogP contribution in [0.15, 0.2) is 48.8 Å².